The lowest BCUT2D eigenvalue weighted by Crippen LogP contribution is -2.38. The van der Waals surface area contributed by atoms with E-state index in [4.69, 9.17) is 4.74 Å². The fourth-order valence-corrected chi connectivity index (χ4v) is 3.97. The van der Waals surface area contributed by atoms with Crippen LogP contribution in [0.5, 0.6) is 5.75 Å². The van der Waals surface area contributed by atoms with Crippen molar-refractivity contribution < 1.29 is 19.4 Å². The number of hydrogen-bond donors (Lipinski definition) is 1. The van der Waals surface area contributed by atoms with Crippen LogP contribution in [-0.4, -0.2) is 59.9 Å². The summed E-state index contributed by atoms with van der Waals surface area (Å²) in [6.45, 7) is 6.84. The molecule has 0 radical (unpaired) electrons. The highest BCUT2D eigenvalue weighted by molar-refractivity contribution is 6.14. The molecule has 0 fully saturated rings. The van der Waals surface area contributed by atoms with E-state index in [-0.39, 0.29) is 5.57 Å². The zero-order chi connectivity index (χ0) is 23.1. The normalized spacial score (nSPS) is 16.4. The average Bonchev–Trinajstić information content (AvgIpc) is 3.08. The molecule has 32 heavy (non-hydrogen) atoms. The van der Waals surface area contributed by atoms with Crippen molar-refractivity contribution in [2.75, 3.05) is 33.3 Å². The Kier molecular flexibility index (Phi) is 7.84. The second kappa shape index (κ2) is 10.8. The van der Waals surface area contributed by atoms with Gasteiger partial charge in [-0.05, 0) is 30.8 Å². The first kappa shape index (κ1) is 23.3. The van der Waals surface area contributed by atoms with E-state index in [1.165, 1.54) is 6.08 Å². The monoisotopic (exact) mass is 434 g/mol. The Morgan fingerprint density at radius 3 is 2.41 bits per heavy atom. The molecule has 6 heteroatoms. The molecule has 0 bridgehead atoms. The van der Waals surface area contributed by atoms with Gasteiger partial charge in [0.25, 0.3) is 5.91 Å². The van der Waals surface area contributed by atoms with E-state index >= 15 is 0 Å². The Hall–Kier alpha value is -3.38. The maximum absolute atomic E-state index is 13.2. The third-order valence-electron chi connectivity index (χ3n) is 5.78. The Bertz CT molecular complexity index is 1010. The predicted octanol–water partition coefficient (Wildman–Crippen LogP) is 4.01. The number of amides is 1. The van der Waals surface area contributed by atoms with Gasteiger partial charge in [0.15, 0.2) is 11.5 Å². The number of allylic oxidation sites excluding steroid dienone is 1. The number of benzene rings is 2. The number of methoxy groups -OCH3 is 1. The highest BCUT2D eigenvalue weighted by atomic mass is 16.5. The molecule has 1 N–H and O–H groups in total. The number of likely N-dealkylation sites (N-methyl/N-ethyl adjacent to an activating group) is 1. The van der Waals surface area contributed by atoms with Gasteiger partial charge in [-0.15, -0.1) is 0 Å². The number of para-hydroxylation sites is 1. The van der Waals surface area contributed by atoms with Crippen LogP contribution >= 0.6 is 0 Å². The zero-order valence-electron chi connectivity index (χ0n) is 18.8. The minimum atomic E-state index is -0.720. The molecule has 1 aliphatic rings. The smallest absolute Gasteiger partial charge is 0.290 e. The molecule has 1 aliphatic heterocycles. The summed E-state index contributed by atoms with van der Waals surface area (Å²) in [6.07, 6.45) is 3.09. The zero-order valence-corrected chi connectivity index (χ0v) is 18.8. The van der Waals surface area contributed by atoms with Gasteiger partial charge in [-0.2, -0.15) is 0 Å². The van der Waals surface area contributed by atoms with Crippen molar-refractivity contribution in [1.82, 2.24) is 9.80 Å². The summed E-state index contributed by atoms with van der Waals surface area (Å²) >= 11 is 0. The predicted molar refractivity (Wildman–Crippen MR) is 125 cm³/mol. The topological polar surface area (TPSA) is 70.1 Å². The molecule has 0 saturated carbocycles. The van der Waals surface area contributed by atoms with E-state index in [9.17, 15) is 14.7 Å². The highest BCUT2D eigenvalue weighted by Crippen LogP contribution is 2.41. The molecule has 2 aromatic carbocycles. The van der Waals surface area contributed by atoms with Crippen molar-refractivity contribution in [3.8, 4) is 5.75 Å². The second-order valence-electron chi connectivity index (χ2n) is 7.54. The van der Waals surface area contributed by atoms with Crippen molar-refractivity contribution in [2.45, 2.75) is 19.9 Å². The number of carbonyl (C=O) groups is 2. The van der Waals surface area contributed by atoms with Crippen LogP contribution < -0.4 is 4.74 Å². The summed E-state index contributed by atoms with van der Waals surface area (Å²) < 4.78 is 5.52. The van der Waals surface area contributed by atoms with Crippen LogP contribution in [0.15, 0.2) is 72.0 Å². The molecule has 0 saturated heterocycles. The number of ether oxygens (including phenoxy) is 1. The lowest BCUT2D eigenvalue weighted by Gasteiger charge is -2.30. The highest BCUT2D eigenvalue weighted by Gasteiger charge is 2.43. The van der Waals surface area contributed by atoms with Crippen molar-refractivity contribution in [3.05, 3.63) is 83.1 Å². The first-order chi connectivity index (χ1) is 15.5. The lowest BCUT2D eigenvalue weighted by molar-refractivity contribution is -0.129. The molecule has 3 rings (SSSR count). The largest absolute Gasteiger partial charge is 0.503 e. The van der Waals surface area contributed by atoms with E-state index in [1.54, 1.807) is 24.2 Å². The second-order valence-corrected chi connectivity index (χ2v) is 7.54. The molecule has 0 aliphatic carbocycles. The van der Waals surface area contributed by atoms with Gasteiger partial charge in [0.05, 0.1) is 18.7 Å². The van der Waals surface area contributed by atoms with Gasteiger partial charge in [0.1, 0.15) is 5.75 Å². The number of ketones is 1. The SMILES string of the molecule is CCN(CC)CCN1C(=O)C(O)=C(C(=O)C=Cc2ccccc2)C1c1ccccc1OC. The molecule has 1 unspecified atom stereocenters. The average molecular weight is 435 g/mol. The summed E-state index contributed by atoms with van der Waals surface area (Å²) in [5.41, 5.74) is 1.60. The minimum absolute atomic E-state index is 0.0752. The van der Waals surface area contributed by atoms with Crippen LogP contribution in [-0.2, 0) is 9.59 Å². The number of hydrogen-bond acceptors (Lipinski definition) is 5. The molecule has 6 nitrogen and oxygen atoms in total. The van der Waals surface area contributed by atoms with Crippen molar-refractivity contribution >= 4 is 17.8 Å². The molecule has 1 atom stereocenters. The number of nitrogens with zero attached hydrogens (tertiary/aromatic N) is 2. The molecule has 0 spiro atoms. The molecule has 1 heterocycles. The van der Waals surface area contributed by atoms with E-state index in [2.05, 4.69) is 18.7 Å². The minimum Gasteiger partial charge on any atom is -0.503 e. The first-order valence-electron chi connectivity index (χ1n) is 10.9. The van der Waals surface area contributed by atoms with Crippen LogP contribution in [0, 0.1) is 0 Å². The molecular formula is C26H30N2O4. The molecule has 0 aromatic heterocycles. The quantitative estimate of drug-likeness (QED) is 0.572. The Labute approximate surface area is 189 Å². The first-order valence-corrected chi connectivity index (χ1v) is 10.9. The number of carbonyl (C=O) groups excluding carboxylic acids is 2. The standard InChI is InChI=1S/C26H30N2O4/c1-4-27(5-2)17-18-28-24(20-13-9-10-14-22(20)32-3)23(25(30)26(28)31)21(29)16-15-19-11-7-6-8-12-19/h6-16,24,30H,4-5,17-18H2,1-3H3. The van der Waals surface area contributed by atoms with E-state index in [0.717, 1.165) is 18.7 Å². The lowest BCUT2D eigenvalue weighted by atomic mass is 9.94. The van der Waals surface area contributed by atoms with Crippen molar-refractivity contribution in [3.63, 3.8) is 0 Å². The fourth-order valence-electron chi connectivity index (χ4n) is 3.97. The van der Waals surface area contributed by atoms with Crippen molar-refractivity contribution in [2.24, 2.45) is 0 Å². The van der Waals surface area contributed by atoms with Gasteiger partial charge in [-0.25, -0.2) is 0 Å². The molecule has 168 valence electrons. The van der Waals surface area contributed by atoms with Gasteiger partial charge < -0.3 is 19.6 Å². The maximum atomic E-state index is 13.2. The van der Waals surface area contributed by atoms with E-state index in [1.807, 2.05) is 48.5 Å². The van der Waals surface area contributed by atoms with Gasteiger partial charge >= 0.3 is 0 Å². The summed E-state index contributed by atoms with van der Waals surface area (Å²) in [4.78, 5) is 30.0. The van der Waals surface area contributed by atoms with Crippen LogP contribution in [0.4, 0.5) is 0 Å². The van der Waals surface area contributed by atoms with Gasteiger partial charge in [-0.1, -0.05) is 68.5 Å². The van der Waals surface area contributed by atoms with E-state index < -0.39 is 23.5 Å². The van der Waals surface area contributed by atoms with Gasteiger partial charge in [0.2, 0.25) is 0 Å². The Morgan fingerprint density at radius 1 is 1.09 bits per heavy atom. The van der Waals surface area contributed by atoms with Gasteiger partial charge in [-0.3, -0.25) is 9.59 Å². The Morgan fingerprint density at radius 2 is 1.75 bits per heavy atom. The fraction of sp³-hybridized carbons (Fsp3) is 0.308. The third kappa shape index (κ3) is 4.92. The molecule has 1 amide bonds. The van der Waals surface area contributed by atoms with Crippen LogP contribution in [0.25, 0.3) is 6.08 Å². The van der Waals surface area contributed by atoms with E-state index in [0.29, 0.717) is 24.4 Å². The van der Waals surface area contributed by atoms with Crippen LogP contribution in [0.1, 0.15) is 31.0 Å². The number of rotatable bonds is 10. The Balaban J connectivity index is 1.99. The number of aliphatic hydroxyl groups is 1. The van der Waals surface area contributed by atoms with Gasteiger partial charge in [0, 0.05) is 18.7 Å². The molecule has 2 aromatic rings. The maximum Gasteiger partial charge on any atom is 0.290 e. The van der Waals surface area contributed by atoms with Crippen LogP contribution in [0.2, 0.25) is 0 Å². The summed E-state index contributed by atoms with van der Waals surface area (Å²) in [5.74, 6) is -0.876. The molecular weight excluding hydrogens is 404 g/mol. The summed E-state index contributed by atoms with van der Waals surface area (Å²) in [7, 11) is 1.55. The summed E-state index contributed by atoms with van der Waals surface area (Å²) in [6, 6.07) is 16.0. The number of aliphatic hydroxyl groups excluding tert-OH is 1. The van der Waals surface area contributed by atoms with Crippen molar-refractivity contribution in [1.29, 1.82) is 0 Å². The summed E-state index contributed by atoms with van der Waals surface area (Å²) in [5, 5.41) is 10.7. The third-order valence-corrected chi connectivity index (χ3v) is 5.78. The van der Waals surface area contributed by atoms with Crippen LogP contribution in [0.3, 0.4) is 0 Å².